The van der Waals surface area contributed by atoms with Crippen LogP contribution >= 0.6 is 24.0 Å². The maximum Gasteiger partial charge on any atom is 0.410 e. The molecule has 1 aromatic heterocycles. The minimum atomic E-state index is -0.456. The van der Waals surface area contributed by atoms with Crippen LogP contribution < -0.4 is 10.6 Å². The summed E-state index contributed by atoms with van der Waals surface area (Å²) in [4.78, 5) is 19.4. The summed E-state index contributed by atoms with van der Waals surface area (Å²) < 4.78 is 11.1. The number of fused-ring (bicyclic) bond motifs is 2. The number of carbonyl (C=O) groups excluding carboxylic acids is 1. The van der Waals surface area contributed by atoms with Gasteiger partial charge in [-0.2, -0.15) is 0 Å². The molecule has 2 saturated heterocycles. The van der Waals surface area contributed by atoms with E-state index in [1.807, 2.05) is 37.8 Å². The van der Waals surface area contributed by atoms with Gasteiger partial charge in [0.2, 0.25) is 0 Å². The number of carbonyl (C=O) groups is 1. The Labute approximate surface area is 203 Å². The summed E-state index contributed by atoms with van der Waals surface area (Å²) >= 11 is 0. The summed E-state index contributed by atoms with van der Waals surface area (Å²) in [6.45, 7) is 9.54. The number of piperidine rings is 1. The third-order valence-electron chi connectivity index (χ3n) is 5.70. The molecule has 3 heterocycles. The van der Waals surface area contributed by atoms with Crippen molar-refractivity contribution < 1.29 is 13.9 Å². The number of aliphatic imine (C=N–C) groups is 1. The number of nitrogens with one attached hydrogen (secondary N) is 2. The third-order valence-corrected chi connectivity index (χ3v) is 5.70. The molecule has 2 fully saturated rings. The molecule has 2 aliphatic rings. The molecule has 2 atom stereocenters. The molecule has 2 aliphatic heterocycles. The summed E-state index contributed by atoms with van der Waals surface area (Å²) in [6, 6.07) is 4.72. The maximum absolute atomic E-state index is 12.7. The Morgan fingerprint density at radius 3 is 2.58 bits per heavy atom. The van der Waals surface area contributed by atoms with E-state index in [2.05, 4.69) is 17.6 Å². The summed E-state index contributed by atoms with van der Waals surface area (Å²) in [7, 11) is 0. The fourth-order valence-electron chi connectivity index (χ4n) is 4.36. The van der Waals surface area contributed by atoms with Gasteiger partial charge in [-0.1, -0.05) is 13.3 Å². The van der Waals surface area contributed by atoms with Crippen molar-refractivity contribution in [3.8, 4) is 0 Å². The van der Waals surface area contributed by atoms with Crippen LogP contribution in [0.4, 0.5) is 4.79 Å². The fraction of sp³-hybridized carbons (Fsp3) is 0.739. The topological polar surface area (TPSA) is 79.1 Å². The van der Waals surface area contributed by atoms with E-state index in [1.165, 1.54) is 0 Å². The Bertz CT molecular complexity index is 688. The molecule has 0 aliphatic carbocycles. The van der Waals surface area contributed by atoms with Crippen molar-refractivity contribution in [1.82, 2.24) is 15.5 Å². The molecule has 3 rings (SSSR count). The van der Waals surface area contributed by atoms with Crippen molar-refractivity contribution >= 4 is 36.0 Å². The first-order valence-electron chi connectivity index (χ1n) is 11.4. The van der Waals surface area contributed by atoms with Gasteiger partial charge in [-0.15, -0.1) is 24.0 Å². The van der Waals surface area contributed by atoms with Crippen LogP contribution in [-0.4, -0.2) is 53.8 Å². The Balaban J connectivity index is 0.00000341. The van der Waals surface area contributed by atoms with Crippen LogP contribution in [0.5, 0.6) is 0 Å². The highest BCUT2D eigenvalue weighted by Gasteiger charge is 2.45. The van der Waals surface area contributed by atoms with E-state index in [9.17, 15) is 4.79 Å². The highest BCUT2D eigenvalue weighted by atomic mass is 127. The van der Waals surface area contributed by atoms with Gasteiger partial charge < -0.3 is 24.7 Å². The lowest BCUT2D eigenvalue weighted by atomic mass is 9.98. The van der Waals surface area contributed by atoms with Gasteiger partial charge in [0, 0.05) is 37.6 Å². The second kappa shape index (κ2) is 12.0. The SMILES string of the molecule is CCCCN=C(NCCc1ccco1)NC1CC2CCC(C1)N2C(=O)OC(C)(C)C.I. The normalized spacial score (nSPS) is 23.3. The summed E-state index contributed by atoms with van der Waals surface area (Å²) in [6.07, 6.45) is 8.54. The number of ether oxygens (including phenoxy) is 1. The van der Waals surface area contributed by atoms with Crippen molar-refractivity contribution in [2.45, 2.75) is 96.4 Å². The van der Waals surface area contributed by atoms with Crippen LogP contribution in [-0.2, 0) is 11.2 Å². The molecular formula is C23H39IN4O3. The van der Waals surface area contributed by atoms with Crippen LogP contribution in [0.25, 0.3) is 0 Å². The van der Waals surface area contributed by atoms with E-state index in [1.54, 1.807) is 6.26 Å². The molecule has 7 nitrogen and oxygen atoms in total. The summed E-state index contributed by atoms with van der Waals surface area (Å²) in [5.41, 5.74) is -0.456. The number of halogens is 1. The van der Waals surface area contributed by atoms with Crippen molar-refractivity contribution in [1.29, 1.82) is 0 Å². The second-order valence-corrected chi connectivity index (χ2v) is 9.43. The van der Waals surface area contributed by atoms with E-state index in [-0.39, 0.29) is 42.2 Å². The number of guanidine groups is 1. The summed E-state index contributed by atoms with van der Waals surface area (Å²) in [5, 5.41) is 7.09. The van der Waals surface area contributed by atoms with Gasteiger partial charge in [0.05, 0.1) is 6.26 Å². The molecular weight excluding hydrogens is 507 g/mol. The lowest BCUT2D eigenvalue weighted by Crippen LogP contribution is -2.55. The summed E-state index contributed by atoms with van der Waals surface area (Å²) in [5.74, 6) is 1.84. The van der Waals surface area contributed by atoms with Gasteiger partial charge in [0.15, 0.2) is 5.96 Å². The zero-order chi connectivity index (χ0) is 21.6. The number of amides is 1. The first-order valence-corrected chi connectivity index (χ1v) is 11.4. The van der Waals surface area contributed by atoms with Crippen LogP contribution in [0.2, 0.25) is 0 Å². The van der Waals surface area contributed by atoms with Crippen LogP contribution in [0.1, 0.15) is 72.0 Å². The predicted molar refractivity (Wildman–Crippen MR) is 134 cm³/mol. The molecule has 176 valence electrons. The first kappa shape index (κ1) is 25.8. The van der Waals surface area contributed by atoms with Crippen LogP contribution in [0.15, 0.2) is 27.8 Å². The van der Waals surface area contributed by atoms with E-state index >= 15 is 0 Å². The Morgan fingerprint density at radius 2 is 2.00 bits per heavy atom. The molecule has 31 heavy (non-hydrogen) atoms. The molecule has 0 aromatic carbocycles. The number of nitrogens with zero attached hydrogens (tertiary/aromatic N) is 2. The van der Waals surface area contributed by atoms with E-state index < -0.39 is 5.60 Å². The first-order chi connectivity index (χ1) is 14.4. The van der Waals surface area contributed by atoms with Gasteiger partial charge in [-0.25, -0.2) is 4.79 Å². The lowest BCUT2D eigenvalue weighted by molar-refractivity contribution is 0.00545. The number of rotatable bonds is 7. The highest BCUT2D eigenvalue weighted by Crippen LogP contribution is 2.36. The monoisotopic (exact) mass is 546 g/mol. The number of hydrogen-bond acceptors (Lipinski definition) is 4. The molecule has 1 amide bonds. The number of unbranched alkanes of at least 4 members (excludes halogenated alkanes) is 1. The minimum Gasteiger partial charge on any atom is -0.469 e. The van der Waals surface area contributed by atoms with Crippen LogP contribution in [0.3, 0.4) is 0 Å². The Kier molecular flexibility index (Phi) is 9.96. The van der Waals surface area contributed by atoms with Crippen molar-refractivity contribution in [3.05, 3.63) is 24.2 Å². The predicted octanol–water partition coefficient (Wildman–Crippen LogP) is 4.71. The van der Waals surface area contributed by atoms with E-state index in [0.717, 1.165) is 69.8 Å². The molecule has 2 N–H and O–H groups in total. The molecule has 0 spiro atoms. The average molecular weight is 546 g/mol. The number of hydrogen-bond donors (Lipinski definition) is 2. The maximum atomic E-state index is 12.7. The zero-order valence-corrected chi connectivity index (χ0v) is 21.7. The second-order valence-electron chi connectivity index (χ2n) is 9.43. The van der Waals surface area contributed by atoms with Crippen molar-refractivity contribution in [2.75, 3.05) is 13.1 Å². The molecule has 0 saturated carbocycles. The van der Waals surface area contributed by atoms with Gasteiger partial charge >= 0.3 is 6.09 Å². The third kappa shape index (κ3) is 7.88. The minimum absolute atomic E-state index is 0. The standard InChI is InChI=1S/C23H38N4O3.HI/c1-5-6-12-24-21(25-13-11-20-8-7-14-29-20)26-17-15-18-9-10-19(16-17)27(18)22(28)30-23(2,3)4;/h7-8,14,17-19H,5-6,9-13,15-16H2,1-4H3,(H2,24,25,26);1H. The Hall–Kier alpha value is -1.45. The lowest BCUT2D eigenvalue weighted by Gasteiger charge is -2.40. The van der Waals surface area contributed by atoms with Crippen molar-refractivity contribution in [2.24, 2.45) is 4.99 Å². The van der Waals surface area contributed by atoms with E-state index in [0.29, 0.717) is 6.04 Å². The number of furan rings is 1. The average Bonchev–Trinajstić information content (AvgIpc) is 3.27. The molecule has 2 bridgehead atoms. The van der Waals surface area contributed by atoms with Gasteiger partial charge in [0.1, 0.15) is 11.4 Å². The van der Waals surface area contributed by atoms with Gasteiger partial charge in [-0.3, -0.25) is 4.99 Å². The molecule has 8 heteroatoms. The quantitative estimate of drug-likeness (QED) is 0.224. The molecule has 1 aromatic rings. The molecule has 2 unspecified atom stereocenters. The smallest absolute Gasteiger partial charge is 0.410 e. The van der Waals surface area contributed by atoms with Crippen LogP contribution in [0, 0.1) is 0 Å². The highest BCUT2D eigenvalue weighted by molar-refractivity contribution is 14.0. The molecule has 0 radical (unpaired) electrons. The van der Waals surface area contributed by atoms with Gasteiger partial charge in [-0.05, 0) is 65.0 Å². The zero-order valence-electron chi connectivity index (χ0n) is 19.4. The largest absolute Gasteiger partial charge is 0.469 e. The van der Waals surface area contributed by atoms with E-state index in [4.69, 9.17) is 14.1 Å². The van der Waals surface area contributed by atoms with Crippen molar-refractivity contribution in [3.63, 3.8) is 0 Å². The Morgan fingerprint density at radius 1 is 1.29 bits per heavy atom. The van der Waals surface area contributed by atoms with Gasteiger partial charge in [0.25, 0.3) is 0 Å². The fourth-order valence-corrected chi connectivity index (χ4v) is 4.36.